The Morgan fingerprint density at radius 1 is 0.365 bits per heavy atom. The second kappa shape index (κ2) is 52.5. The summed E-state index contributed by atoms with van der Waals surface area (Å²) in [6.07, 6.45) is 52.3. The van der Waals surface area contributed by atoms with Crippen LogP contribution < -0.4 is 19.7 Å². The maximum Gasteiger partial charge on any atom is 2.00 e. The van der Waals surface area contributed by atoms with Gasteiger partial charge < -0.3 is 19.8 Å². The first-order valence-electron chi connectivity index (χ1n) is 25.7. The standard InChI is InChI=1S/2C25H49NO4S.Ca/c2*1-2-3-4-5-6-7-8-9-10-11-12-13-14-15-16-17-18-19-20-21-24-31(29,30)26-23-22-25(27)28;/h2*21,24,26H,2-20,22-23H2,1H3,(H,27,28);/q;;+2/p-2/b2*24-21+;. The van der Waals surface area contributed by atoms with Crippen molar-refractivity contribution in [2.24, 2.45) is 0 Å². The van der Waals surface area contributed by atoms with Crippen LogP contribution in [0.5, 0.6) is 0 Å². The van der Waals surface area contributed by atoms with Crippen molar-refractivity contribution in [3.8, 4) is 0 Å². The number of hydrogen-bond donors (Lipinski definition) is 2. The fourth-order valence-corrected chi connectivity index (χ4v) is 9.15. The second-order valence-corrected chi connectivity index (χ2v) is 20.8. The Hall–Kier alpha value is -0.500. The Morgan fingerprint density at radius 2 is 0.556 bits per heavy atom. The van der Waals surface area contributed by atoms with Crippen molar-refractivity contribution in [2.75, 3.05) is 13.1 Å². The number of carbonyl (C=O) groups is 2. The fourth-order valence-electron chi connectivity index (χ4n) is 7.40. The van der Waals surface area contributed by atoms with Gasteiger partial charge in [-0.3, -0.25) is 0 Å². The van der Waals surface area contributed by atoms with Gasteiger partial charge in [-0.15, -0.1) is 0 Å². The molecule has 63 heavy (non-hydrogen) atoms. The predicted molar refractivity (Wildman–Crippen MR) is 264 cm³/mol. The predicted octanol–water partition coefficient (Wildman–Crippen LogP) is 11.6. The summed E-state index contributed by atoms with van der Waals surface area (Å²) in [4.78, 5) is 20.5. The third-order valence-corrected chi connectivity index (χ3v) is 13.6. The van der Waals surface area contributed by atoms with Crippen molar-refractivity contribution in [2.45, 2.75) is 271 Å². The van der Waals surface area contributed by atoms with Crippen molar-refractivity contribution in [3.05, 3.63) is 23.0 Å². The largest absolute Gasteiger partial charge is 2.00 e. The number of rotatable bonds is 48. The number of aliphatic carboxylic acids is 2. The van der Waals surface area contributed by atoms with Gasteiger partial charge in [-0.1, -0.05) is 244 Å². The average molecular weight is 958 g/mol. The van der Waals surface area contributed by atoms with E-state index in [2.05, 4.69) is 23.3 Å². The van der Waals surface area contributed by atoms with Crippen molar-refractivity contribution in [1.82, 2.24) is 9.44 Å². The quantitative estimate of drug-likeness (QED) is 0.0448. The van der Waals surface area contributed by atoms with E-state index >= 15 is 0 Å². The molecule has 10 nitrogen and oxygen atoms in total. The monoisotopic (exact) mass is 957 g/mol. The molecule has 0 amide bonds. The smallest absolute Gasteiger partial charge is 0.550 e. The molecule has 0 aliphatic rings. The molecule has 0 aliphatic carbocycles. The van der Waals surface area contributed by atoms with E-state index in [1.807, 2.05) is 0 Å². The number of unbranched alkanes of at least 4 members (excludes halogenated alkanes) is 36. The summed E-state index contributed by atoms with van der Waals surface area (Å²) in [5.74, 6) is -2.52. The maximum atomic E-state index is 11.6. The summed E-state index contributed by atoms with van der Waals surface area (Å²) in [5.41, 5.74) is 0. The Kier molecular flexibility index (Phi) is 55.6. The molecule has 2 N–H and O–H groups in total. The molecule has 368 valence electrons. The van der Waals surface area contributed by atoms with Crippen LogP contribution in [-0.4, -0.2) is 79.6 Å². The molecule has 0 heterocycles. The molecule has 0 aromatic heterocycles. The van der Waals surface area contributed by atoms with Gasteiger partial charge in [0.2, 0.25) is 20.0 Å². The van der Waals surface area contributed by atoms with Gasteiger partial charge in [-0.25, -0.2) is 26.3 Å². The molecule has 0 aliphatic heterocycles. The Bertz CT molecular complexity index is 1170. The van der Waals surface area contributed by atoms with Gasteiger partial charge in [0.15, 0.2) is 0 Å². The molecule has 13 heteroatoms. The van der Waals surface area contributed by atoms with Crippen LogP contribution in [0.1, 0.15) is 271 Å². The molecule has 0 fully saturated rings. The van der Waals surface area contributed by atoms with Gasteiger partial charge >= 0.3 is 37.7 Å². The molecule has 0 aromatic carbocycles. The molecule has 0 saturated carbocycles. The van der Waals surface area contributed by atoms with E-state index < -0.39 is 32.0 Å². The van der Waals surface area contributed by atoms with E-state index in [0.717, 1.165) is 49.3 Å². The van der Waals surface area contributed by atoms with Gasteiger partial charge in [0.1, 0.15) is 0 Å². The van der Waals surface area contributed by atoms with Crippen LogP contribution in [0, 0.1) is 0 Å². The number of carboxylic acids is 2. The number of carbonyl (C=O) groups excluding carboxylic acids is 2. The van der Waals surface area contributed by atoms with E-state index in [0.29, 0.717) is 0 Å². The van der Waals surface area contributed by atoms with Gasteiger partial charge in [-0.2, -0.15) is 0 Å². The molecule has 0 saturated heterocycles. The Labute approximate surface area is 419 Å². The molecule has 0 aromatic rings. The van der Waals surface area contributed by atoms with Gasteiger partial charge in [0.05, 0.1) is 0 Å². The first-order valence-corrected chi connectivity index (χ1v) is 28.8. The van der Waals surface area contributed by atoms with Crippen LogP contribution in [0.2, 0.25) is 0 Å². The normalized spacial score (nSPS) is 11.8. The van der Waals surface area contributed by atoms with Crippen LogP contribution in [-0.2, 0) is 29.6 Å². The van der Waals surface area contributed by atoms with Crippen LogP contribution >= 0.6 is 0 Å². The van der Waals surface area contributed by atoms with E-state index in [4.69, 9.17) is 0 Å². The number of nitrogens with one attached hydrogen (secondary N) is 2. The third kappa shape index (κ3) is 61.5. The minimum atomic E-state index is -3.52. The van der Waals surface area contributed by atoms with Crippen LogP contribution in [0.25, 0.3) is 0 Å². The number of sulfonamides is 2. The number of allylic oxidation sites excluding steroid dienone is 2. The topological polar surface area (TPSA) is 173 Å². The minimum absolute atomic E-state index is 0. The van der Waals surface area contributed by atoms with E-state index in [9.17, 15) is 36.6 Å². The first kappa shape index (κ1) is 66.8. The van der Waals surface area contributed by atoms with Crippen LogP contribution in [0.15, 0.2) is 23.0 Å². The number of carboxylic acid groups (broad SMARTS) is 2. The summed E-state index contributed by atoms with van der Waals surface area (Å²) in [7, 11) is -7.05. The van der Waals surface area contributed by atoms with Crippen molar-refractivity contribution < 1.29 is 36.6 Å². The van der Waals surface area contributed by atoms with Crippen LogP contribution in [0.4, 0.5) is 0 Å². The summed E-state index contributed by atoms with van der Waals surface area (Å²) < 4.78 is 50.8. The summed E-state index contributed by atoms with van der Waals surface area (Å²) in [6.45, 7) is 4.28. The van der Waals surface area contributed by atoms with Crippen molar-refractivity contribution in [3.63, 3.8) is 0 Å². The zero-order valence-corrected chi connectivity index (χ0v) is 44.6. The zero-order chi connectivity index (χ0) is 46.1. The molecule has 0 atom stereocenters. The zero-order valence-electron chi connectivity index (χ0n) is 40.8. The molecule has 0 unspecified atom stereocenters. The van der Waals surface area contributed by atoms with Gasteiger partial charge in [0, 0.05) is 48.7 Å². The van der Waals surface area contributed by atoms with Crippen molar-refractivity contribution >= 4 is 69.7 Å². The molecule has 0 radical (unpaired) electrons. The molecule has 0 rings (SSSR count). The third-order valence-electron chi connectivity index (χ3n) is 11.3. The summed E-state index contributed by atoms with van der Waals surface area (Å²) in [6, 6.07) is 0. The average Bonchev–Trinajstić information content (AvgIpc) is 3.22. The SMILES string of the molecule is CCCCCCCCCCCCCCCCCCCC/C=C/S(=O)(=O)NCCC(=O)[O-].CCCCCCCCCCCCCCCCCCCC/C=C/S(=O)(=O)NCCC(=O)[O-].[Ca+2]. The Morgan fingerprint density at radius 3 is 0.746 bits per heavy atom. The van der Waals surface area contributed by atoms with Crippen molar-refractivity contribution in [1.29, 1.82) is 0 Å². The summed E-state index contributed by atoms with van der Waals surface area (Å²) in [5, 5.41) is 22.8. The maximum absolute atomic E-state index is 11.6. The number of hydrogen-bond acceptors (Lipinski definition) is 8. The van der Waals surface area contributed by atoms with Gasteiger partial charge in [0.25, 0.3) is 0 Å². The minimum Gasteiger partial charge on any atom is -0.550 e. The fraction of sp³-hybridized carbons (Fsp3) is 0.880. The molecule has 0 spiro atoms. The molecular weight excluding hydrogens is 861 g/mol. The Balaban J connectivity index is -0.00000112. The molecular formula is C50H96CaN2O8S2. The van der Waals surface area contributed by atoms with Gasteiger partial charge in [-0.05, 0) is 25.7 Å². The van der Waals surface area contributed by atoms with E-state index in [-0.39, 0.29) is 63.7 Å². The van der Waals surface area contributed by atoms with E-state index in [1.54, 1.807) is 12.2 Å². The second-order valence-electron chi connectivity index (χ2n) is 17.5. The van der Waals surface area contributed by atoms with E-state index in [1.165, 1.54) is 205 Å². The molecule has 0 bridgehead atoms. The van der Waals surface area contributed by atoms with Crippen LogP contribution in [0.3, 0.4) is 0 Å². The first-order chi connectivity index (χ1) is 30.0. The summed E-state index contributed by atoms with van der Waals surface area (Å²) >= 11 is 0.